The fourth-order valence-electron chi connectivity index (χ4n) is 0.941. The van der Waals surface area contributed by atoms with Gasteiger partial charge < -0.3 is 4.74 Å². The lowest BCUT2D eigenvalue weighted by molar-refractivity contribution is -0.138. The molecule has 0 saturated carbocycles. The van der Waals surface area contributed by atoms with Gasteiger partial charge in [0, 0.05) is 0 Å². The fourth-order valence-corrected chi connectivity index (χ4v) is 1.13. The molecule has 0 spiro atoms. The lowest BCUT2D eigenvalue weighted by atomic mass is 10.3. The Morgan fingerprint density at radius 1 is 1.47 bits per heavy atom. The van der Waals surface area contributed by atoms with Crippen LogP contribution in [0.5, 0.6) is 0 Å². The van der Waals surface area contributed by atoms with Gasteiger partial charge in [0.15, 0.2) is 0 Å². The second kappa shape index (κ2) is 5.51. The van der Waals surface area contributed by atoms with Crippen molar-refractivity contribution in [1.82, 2.24) is 0 Å². The Hall–Kier alpha value is -1.35. The van der Waals surface area contributed by atoms with Crippen LogP contribution in [-0.4, -0.2) is 18.3 Å². The lowest BCUT2D eigenvalue weighted by Crippen LogP contribution is -2.11. The van der Waals surface area contributed by atoms with Crippen molar-refractivity contribution in [3.63, 3.8) is 0 Å². The zero-order valence-electron chi connectivity index (χ0n) is 8.61. The second-order valence-corrected chi connectivity index (χ2v) is 3.60. The summed E-state index contributed by atoms with van der Waals surface area (Å²) in [5, 5.41) is 0.506. The molecule has 0 N–H and O–H groups in total. The van der Waals surface area contributed by atoms with Crippen LogP contribution in [0.1, 0.15) is 13.8 Å². The molecule has 0 aliphatic rings. The Bertz CT molecular complexity index is 375. The number of hydrogen-bond donors (Lipinski definition) is 0. The van der Waals surface area contributed by atoms with E-state index in [0.29, 0.717) is 10.7 Å². The number of rotatable bonds is 3. The minimum Gasteiger partial charge on any atom is -0.459 e. The maximum Gasteiger partial charge on any atom is 0.349 e. The number of halogens is 1. The molecule has 1 aromatic rings. The van der Waals surface area contributed by atoms with Crippen molar-refractivity contribution in [2.24, 2.45) is 4.99 Å². The van der Waals surface area contributed by atoms with Crippen molar-refractivity contribution in [2.75, 3.05) is 0 Å². The smallest absolute Gasteiger partial charge is 0.349 e. The number of benzene rings is 1. The van der Waals surface area contributed by atoms with Crippen molar-refractivity contribution in [1.29, 1.82) is 0 Å². The first-order chi connectivity index (χ1) is 7.09. The van der Waals surface area contributed by atoms with Crippen molar-refractivity contribution in [2.45, 2.75) is 20.0 Å². The monoisotopic (exact) mass is 225 g/mol. The number of esters is 1. The van der Waals surface area contributed by atoms with Gasteiger partial charge in [0.2, 0.25) is 0 Å². The summed E-state index contributed by atoms with van der Waals surface area (Å²) in [6.07, 6.45) is 0.983. The summed E-state index contributed by atoms with van der Waals surface area (Å²) in [6.45, 7) is 3.56. The van der Waals surface area contributed by atoms with Crippen molar-refractivity contribution in [3.8, 4) is 0 Å². The largest absolute Gasteiger partial charge is 0.459 e. The highest BCUT2D eigenvalue weighted by Crippen LogP contribution is 2.22. The summed E-state index contributed by atoms with van der Waals surface area (Å²) in [4.78, 5) is 15.1. The minimum atomic E-state index is -0.468. The molecule has 0 aromatic heterocycles. The van der Waals surface area contributed by atoms with Crippen molar-refractivity contribution in [3.05, 3.63) is 29.3 Å². The third-order valence-corrected chi connectivity index (χ3v) is 1.83. The first-order valence-electron chi connectivity index (χ1n) is 4.59. The molecular weight excluding hydrogens is 214 g/mol. The number of carbonyl (C=O) groups excluding carboxylic acids is 1. The molecule has 0 aliphatic carbocycles. The van der Waals surface area contributed by atoms with Crippen LogP contribution >= 0.6 is 11.6 Å². The fraction of sp³-hybridized carbons (Fsp3) is 0.273. The summed E-state index contributed by atoms with van der Waals surface area (Å²) in [7, 11) is 0. The molecule has 3 nitrogen and oxygen atoms in total. The molecule has 0 unspecified atom stereocenters. The highest BCUT2D eigenvalue weighted by molar-refractivity contribution is 6.33. The maximum atomic E-state index is 11.1. The van der Waals surface area contributed by atoms with Crippen LogP contribution in [0.25, 0.3) is 0 Å². The lowest BCUT2D eigenvalue weighted by Gasteiger charge is -2.03. The molecule has 0 amide bonds. The molecule has 1 aromatic carbocycles. The molecular formula is C11H12ClNO2. The van der Waals surface area contributed by atoms with Gasteiger partial charge in [0.25, 0.3) is 0 Å². The van der Waals surface area contributed by atoms with Crippen LogP contribution in [0.3, 0.4) is 0 Å². The Labute approximate surface area is 93.7 Å². The quantitative estimate of drug-likeness (QED) is 0.586. The van der Waals surface area contributed by atoms with Gasteiger partial charge in [-0.3, -0.25) is 0 Å². The SMILES string of the molecule is CC(C)OC(=O)C=Nc1ccccc1Cl. The van der Waals surface area contributed by atoms with Gasteiger partial charge in [0.05, 0.1) is 16.8 Å². The van der Waals surface area contributed by atoms with E-state index in [2.05, 4.69) is 4.99 Å². The Balaban J connectivity index is 2.66. The zero-order chi connectivity index (χ0) is 11.3. The number of para-hydroxylation sites is 1. The van der Waals surface area contributed by atoms with Gasteiger partial charge in [-0.1, -0.05) is 23.7 Å². The molecule has 0 atom stereocenters. The van der Waals surface area contributed by atoms with Crippen LogP contribution in [0, 0.1) is 0 Å². The van der Waals surface area contributed by atoms with Crippen LogP contribution in [-0.2, 0) is 9.53 Å². The van der Waals surface area contributed by atoms with Crippen LogP contribution in [0.4, 0.5) is 5.69 Å². The van der Waals surface area contributed by atoms with Crippen LogP contribution in [0.15, 0.2) is 29.3 Å². The number of aliphatic imine (C=N–C) groups is 1. The third-order valence-electron chi connectivity index (χ3n) is 1.51. The molecule has 0 bridgehead atoms. The molecule has 1 rings (SSSR count). The van der Waals surface area contributed by atoms with E-state index in [-0.39, 0.29) is 6.10 Å². The van der Waals surface area contributed by atoms with E-state index in [9.17, 15) is 4.79 Å². The number of carbonyl (C=O) groups is 1. The molecule has 4 heteroatoms. The van der Waals surface area contributed by atoms with Crippen LogP contribution < -0.4 is 0 Å². The summed E-state index contributed by atoms with van der Waals surface area (Å²) in [5.41, 5.74) is 0.555. The highest BCUT2D eigenvalue weighted by atomic mass is 35.5. The highest BCUT2D eigenvalue weighted by Gasteiger charge is 2.01. The van der Waals surface area contributed by atoms with Gasteiger partial charge in [-0.2, -0.15) is 0 Å². The number of nitrogens with zero attached hydrogens (tertiary/aromatic N) is 1. The number of ether oxygens (including phenoxy) is 1. The van der Waals surface area contributed by atoms with E-state index in [1.807, 2.05) is 0 Å². The summed E-state index contributed by atoms with van der Waals surface area (Å²) in [5.74, 6) is -0.468. The topological polar surface area (TPSA) is 38.7 Å². The maximum absolute atomic E-state index is 11.1. The second-order valence-electron chi connectivity index (χ2n) is 3.20. The number of hydrogen-bond acceptors (Lipinski definition) is 3. The zero-order valence-corrected chi connectivity index (χ0v) is 9.36. The van der Waals surface area contributed by atoms with E-state index in [1.165, 1.54) is 0 Å². The van der Waals surface area contributed by atoms with Gasteiger partial charge in [0.1, 0.15) is 6.21 Å². The summed E-state index contributed by atoms with van der Waals surface area (Å²) in [6, 6.07) is 7.03. The normalized spacial score (nSPS) is 10.9. The van der Waals surface area contributed by atoms with Gasteiger partial charge >= 0.3 is 5.97 Å². The molecule has 0 radical (unpaired) electrons. The first-order valence-corrected chi connectivity index (χ1v) is 4.96. The van der Waals surface area contributed by atoms with Crippen molar-refractivity contribution < 1.29 is 9.53 Å². The van der Waals surface area contributed by atoms with E-state index >= 15 is 0 Å². The minimum absolute atomic E-state index is 0.143. The first kappa shape index (κ1) is 11.7. The molecule has 15 heavy (non-hydrogen) atoms. The van der Waals surface area contributed by atoms with Gasteiger partial charge in [-0.05, 0) is 26.0 Å². The average molecular weight is 226 g/mol. The molecule has 0 aliphatic heterocycles. The Morgan fingerprint density at radius 2 is 2.13 bits per heavy atom. The van der Waals surface area contributed by atoms with E-state index < -0.39 is 5.97 Å². The van der Waals surface area contributed by atoms with E-state index in [4.69, 9.17) is 16.3 Å². The molecule has 0 fully saturated rings. The van der Waals surface area contributed by atoms with Crippen molar-refractivity contribution >= 4 is 29.5 Å². The molecule has 80 valence electrons. The average Bonchev–Trinajstić information content (AvgIpc) is 2.15. The summed E-state index contributed by atoms with van der Waals surface area (Å²) >= 11 is 5.85. The third kappa shape index (κ3) is 4.13. The molecule has 0 saturated heterocycles. The van der Waals surface area contributed by atoms with E-state index in [1.54, 1.807) is 38.1 Å². The Morgan fingerprint density at radius 3 is 2.73 bits per heavy atom. The standard InChI is InChI=1S/C11H12ClNO2/c1-8(2)15-11(14)7-13-10-6-4-3-5-9(10)12/h3-8H,1-2H3. The molecule has 0 heterocycles. The predicted octanol–water partition coefficient (Wildman–Crippen LogP) is 2.99. The summed E-state index contributed by atoms with van der Waals surface area (Å²) < 4.78 is 4.88. The van der Waals surface area contributed by atoms with Gasteiger partial charge in [-0.15, -0.1) is 0 Å². The predicted molar refractivity (Wildman–Crippen MR) is 60.8 cm³/mol. The van der Waals surface area contributed by atoms with Gasteiger partial charge in [-0.25, -0.2) is 9.79 Å². The van der Waals surface area contributed by atoms with E-state index in [0.717, 1.165) is 6.21 Å². The van der Waals surface area contributed by atoms with Crippen LogP contribution in [0.2, 0.25) is 5.02 Å². The Kier molecular flexibility index (Phi) is 4.31.